The average Bonchev–Trinajstić information content (AvgIpc) is 2.71. The largest absolute Gasteiger partial charge is 0.307 e. The SMILES string of the molecule is C=O.CC(C)(C)c1cc(C=CC(=O)c2ccc3ccccc3c2)cc(C(C)(C)C)c1. The number of carbonyl (C=O) groups excluding carboxylic acids is 2. The van der Waals surface area contributed by atoms with Crippen LogP contribution in [0.1, 0.15) is 68.6 Å². The quantitative estimate of drug-likeness (QED) is 0.346. The first-order chi connectivity index (χ1) is 14.0. The van der Waals surface area contributed by atoms with Crippen molar-refractivity contribution >= 4 is 29.4 Å². The van der Waals surface area contributed by atoms with Gasteiger partial charge in [0.15, 0.2) is 5.78 Å². The van der Waals surface area contributed by atoms with Crippen molar-refractivity contribution in [3.63, 3.8) is 0 Å². The van der Waals surface area contributed by atoms with E-state index in [9.17, 15) is 4.79 Å². The molecule has 0 fully saturated rings. The van der Waals surface area contributed by atoms with Crippen molar-refractivity contribution in [1.29, 1.82) is 0 Å². The Hall–Kier alpha value is -3.00. The summed E-state index contributed by atoms with van der Waals surface area (Å²) in [5.74, 6) is 0.0317. The van der Waals surface area contributed by atoms with E-state index < -0.39 is 0 Å². The number of fused-ring (bicyclic) bond motifs is 1. The lowest BCUT2D eigenvalue weighted by atomic mass is 9.79. The molecule has 0 aliphatic heterocycles. The molecule has 2 nitrogen and oxygen atoms in total. The highest BCUT2D eigenvalue weighted by atomic mass is 16.1. The number of ketones is 1. The molecule has 0 amide bonds. The standard InChI is InChI=1S/C27H30O.CH2O/c1-26(2,3)23-15-19(16-24(18-23)27(4,5)6)11-14-25(28)22-13-12-20-9-7-8-10-21(20)17-22;1-2/h7-18H,1-6H3;1H2. The Bertz CT molecular complexity index is 1030. The Morgan fingerprint density at radius 1 is 0.733 bits per heavy atom. The molecule has 0 heterocycles. The van der Waals surface area contributed by atoms with E-state index >= 15 is 0 Å². The second-order valence-electron chi connectivity index (χ2n) is 9.60. The zero-order valence-corrected chi connectivity index (χ0v) is 19.0. The molecule has 0 aliphatic rings. The normalized spacial score (nSPS) is 11.9. The van der Waals surface area contributed by atoms with E-state index in [1.807, 2.05) is 49.3 Å². The van der Waals surface area contributed by atoms with E-state index in [0.717, 1.165) is 21.9 Å². The summed E-state index contributed by atoms with van der Waals surface area (Å²) >= 11 is 0. The molecule has 0 atom stereocenters. The number of hydrogen-bond donors (Lipinski definition) is 0. The van der Waals surface area contributed by atoms with Gasteiger partial charge in [0.2, 0.25) is 0 Å². The highest BCUT2D eigenvalue weighted by Crippen LogP contribution is 2.30. The summed E-state index contributed by atoms with van der Waals surface area (Å²) in [6.45, 7) is 15.3. The predicted molar refractivity (Wildman–Crippen MR) is 128 cm³/mol. The molecule has 3 aromatic carbocycles. The second-order valence-corrected chi connectivity index (χ2v) is 9.60. The molecular weight excluding hydrogens is 368 g/mol. The van der Waals surface area contributed by atoms with Gasteiger partial charge in [-0.15, -0.1) is 0 Å². The molecule has 0 aliphatic carbocycles. The Balaban J connectivity index is 0.00000155. The molecule has 0 N–H and O–H groups in total. The molecule has 3 rings (SSSR count). The van der Waals surface area contributed by atoms with Gasteiger partial charge in [0.25, 0.3) is 0 Å². The lowest BCUT2D eigenvalue weighted by molar-refractivity contribution is -0.0980. The first kappa shape index (κ1) is 23.3. The third-order valence-electron chi connectivity index (χ3n) is 5.15. The lowest BCUT2D eigenvalue weighted by Crippen LogP contribution is -2.16. The third kappa shape index (κ3) is 5.76. The monoisotopic (exact) mass is 400 g/mol. The van der Waals surface area contributed by atoms with E-state index in [1.165, 1.54) is 11.1 Å². The zero-order valence-electron chi connectivity index (χ0n) is 19.0. The van der Waals surface area contributed by atoms with Crippen LogP contribution in [0.4, 0.5) is 0 Å². The topological polar surface area (TPSA) is 34.1 Å². The fourth-order valence-electron chi connectivity index (χ4n) is 3.22. The lowest BCUT2D eigenvalue weighted by Gasteiger charge is -2.25. The maximum atomic E-state index is 12.7. The van der Waals surface area contributed by atoms with Crippen molar-refractivity contribution in [2.75, 3.05) is 0 Å². The number of hydrogen-bond acceptors (Lipinski definition) is 2. The van der Waals surface area contributed by atoms with Gasteiger partial charge in [-0.2, -0.15) is 0 Å². The summed E-state index contributed by atoms with van der Waals surface area (Å²) in [5, 5.41) is 2.24. The summed E-state index contributed by atoms with van der Waals surface area (Å²) in [6, 6.07) is 20.7. The van der Waals surface area contributed by atoms with Crippen LogP contribution >= 0.6 is 0 Å². The van der Waals surface area contributed by atoms with Crippen LogP contribution in [0.2, 0.25) is 0 Å². The molecule has 0 unspecified atom stereocenters. The maximum absolute atomic E-state index is 12.7. The van der Waals surface area contributed by atoms with Crippen molar-refractivity contribution in [2.24, 2.45) is 0 Å². The molecule has 0 bridgehead atoms. The fraction of sp³-hybridized carbons (Fsp3) is 0.286. The van der Waals surface area contributed by atoms with E-state index in [1.54, 1.807) is 6.08 Å². The molecule has 0 saturated carbocycles. The Morgan fingerprint density at radius 2 is 1.27 bits per heavy atom. The van der Waals surface area contributed by atoms with Crippen LogP contribution in [0.5, 0.6) is 0 Å². The minimum Gasteiger partial charge on any atom is -0.307 e. The van der Waals surface area contributed by atoms with Gasteiger partial charge in [0, 0.05) is 5.56 Å². The van der Waals surface area contributed by atoms with Gasteiger partial charge in [-0.05, 0) is 50.4 Å². The first-order valence-corrected chi connectivity index (χ1v) is 10.2. The maximum Gasteiger partial charge on any atom is 0.185 e. The van der Waals surface area contributed by atoms with Crippen LogP contribution in [-0.2, 0) is 15.6 Å². The highest BCUT2D eigenvalue weighted by Gasteiger charge is 2.20. The average molecular weight is 401 g/mol. The summed E-state index contributed by atoms with van der Waals surface area (Å²) < 4.78 is 0. The number of benzene rings is 3. The highest BCUT2D eigenvalue weighted by molar-refractivity contribution is 6.08. The van der Waals surface area contributed by atoms with Gasteiger partial charge < -0.3 is 4.79 Å². The minimum atomic E-state index is 0.0317. The fourth-order valence-corrected chi connectivity index (χ4v) is 3.22. The van der Waals surface area contributed by atoms with E-state index in [4.69, 9.17) is 4.79 Å². The zero-order chi connectivity index (χ0) is 22.5. The van der Waals surface area contributed by atoms with Gasteiger partial charge in [-0.1, -0.05) is 102 Å². The number of carbonyl (C=O) groups is 2. The van der Waals surface area contributed by atoms with Gasteiger partial charge >= 0.3 is 0 Å². The summed E-state index contributed by atoms with van der Waals surface area (Å²) in [4.78, 5) is 20.7. The Labute approximate surface area is 180 Å². The van der Waals surface area contributed by atoms with Crippen LogP contribution in [0.25, 0.3) is 16.8 Å². The molecule has 0 spiro atoms. The minimum absolute atomic E-state index is 0.0317. The van der Waals surface area contributed by atoms with Crippen LogP contribution in [0.3, 0.4) is 0 Å². The number of allylic oxidation sites excluding steroid dienone is 1. The second kappa shape index (κ2) is 9.21. The molecule has 3 aromatic rings. The van der Waals surface area contributed by atoms with Crippen molar-refractivity contribution < 1.29 is 9.59 Å². The molecule has 0 radical (unpaired) electrons. The van der Waals surface area contributed by atoms with Crippen molar-refractivity contribution in [2.45, 2.75) is 52.4 Å². The first-order valence-electron chi connectivity index (χ1n) is 10.2. The molecule has 156 valence electrons. The third-order valence-corrected chi connectivity index (χ3v) is 5.15. The summed E-state index contributed by atoms with van der Waals surface area (Å²) in [6.07, 6.45) is 3.64. The Kier molecular flexibility index (Phi) is 7.15. The predicted octanol–water partition coefficient (Wildman–Crippen LogP) is 7.15. The summed E-state index contributed by atoms with van der Waals surface area (Å²) in [7, 11) is 0. The van der Waals surface area contributed by atoms with Crippen LogP contribution in [0, 0.1) is 0 Å². The van der Waals surface area contributed by atoms with Crippen molar-refractivity contribution in [3.05, 3.63) is 89.0 Å². The van der Waals surface area contributed by atoms with Crippen molar-refractivity contribution in [3.8, 4) is 0 Å². The van der Waals surface area contributed by atoms with E-state index in [-0.39, 0.29) is 16.6 Å². The van der Waals surface area contributed by atoms with Crippen LogP contribution in [-0.4, -0.2) is 12.6 Å². The molecule has 0 aromatic heterocycles. The number of rotatable bonds is 3. The van der Waals surface area contributed by atoms with E-state index in [2.05, 4.69) is 65.8 Å². The Morgan fingerprint density at radius 3 is 1.80 bits per heavy atom. The van der Waals surface area contributed by atoms with Gasteiger partial charge in [-0.3, -0.25) is 4.79 Å². The van der Waals surface area contributed by atoms with Gasteiger partial charge in [0.05, 0.1) is 0 Å². The molecular formula is C28H32O2. The smallest absolute Gasteiger partial charge is 0.185 e. The van der Waals surface area contributed by atoms with Gasteiger partial charge in [0.1, 0.15) is 6.79 Å². The van der Waals surface area contributed by atoms with Crippen molar-refractivity contribution in [1.82, 2.24) is 0 Å². The van der Waals surface area contributed by atoms with Gasteiger partial charge in [-0.25, -0.2) is 0 Å². The molecule has 2 heteroatoms. The van der Waals surface area contributed by atoms with E-state index in [0.29, 0.717) is 0 Å². The summed E-state index contributed by atoms with van der Waals surface area (Å²) in [5.41, 5.74) is 4.50. The van der Waals surface area contributed by atoms with Crippen LogP contribution < -0.4 is 0 Å². The molecule has 0 saturated heterocycles. The van der Waals surface area contributed by atoms with Crippen LogP contribution in [0.15, 0.2) is 66.7 Å². The molecule has 30 heavy (non-hydrogen) atoms.